The summed E-state index contributed by atoms with van der Waals surface area (Å²) in [6.45, 7) is 0.255. The van der Waals surface area contributed by atoms with E-state index in [1.54, 1.807) is 29.1 Å². The Morgan fingerprint density at radius 3 is 2.73 bits per heavy atom. The first kappa shape index (κ1) is 17.2. The topological polar surface area (TPSA) is 122 Å². The van der Waals surface area contributed by atoms with Crippen LogP contribution in [0.1, 0.15) is 27.1 Å². The summed E-state index contributed by atoms with van der Waals surface area (Å²) < 4.78 is 1.68. The van der Waals surface area contributed by atoms with Crippen molar-refractivity contribution in [3.05, 3.63) is 53.9 Å². The molecule has 0 aliphatic rings. The fourth-order valence-corrected chi connectivity index (χ4v) is 2.54. The molecule has 2 aromatic carbocycles. The van der Waals surface area contributed by atoms with E-state index in [1.807, 2.05) is 0 Å². The van der Waals surface area contributed by atoms with Gasteiger partial charge < -0.3 is 20.1 Å². The summed E-state index contributed by atoms with van der Waals surface area (Å²) in [7, 11) is 0. The molecule has 0 saturated heterocycles. The number of aromatic hydroxyl groups is 1. The van der Waals surface area contributed by atoms with Gasteiger partial charge in [-0.1, -0.05) is 0 Å². The summed E-state index contributed by atoms with van der Waals surface area (Å²) in [6.07, 6.45) is 2.08. The van der Waals surface area contributed by atoms with Gasteiger partial charge in [-0.3, -0.25) is 14.4 Å². The van der Waals surface area contributed by atoms with Gasteiger partial charge >= 0.3 is 5.97 Å². The van der Waals surface area contributed by atoms with E-state index in [2.05, 4.69) is 10.3 Å². The van der Waals surface area contributed by atoms with E-state index in [0.29, 0.717) is 23.0 Å². The van der Waals surface area contributed by atoms with E-state index in [0.717, 1.165) is 0 Å². The fourth-order valence-electron chi connectivity index (χ4n) is 2.54. The van der Waals surface area contributed by atoms with E-state index in [-0.39, 0.29) is 29.8 Å². The summed E-state index contributed by atoms with van der Waals surface area (Å²) in [5.41, 5.74) is 2.05. The van der Waals surface area contributed by atoms with Gasteiger partial charge in [-0.15, -0.1) is 0 Å². The molecule has 132 valence electrons. The number of carbonyl (C=O) groups is 3. The van der Waals surface area contributed by atoms with Crippen molar-refractivity contribution in [3.8, 4) is 5.75 Å². The maximum Gasteiger partial charge on any atom is 0.305 e. The monoisotopic (exact) mass is 353 g/mol. The minimum Gasteiger partial charge on any atom is -0.507 e. The second-order valence-electron chi connectivity index (χ2n) is 5.63. The molecule has 1 aromatic heterocycles. The zero-order valence-corrected chi connectivity index (χ0v) is 13.5. The number of phenols is 1. The van der Waals surface area contributed by atoms with Crippen LogP contribution in [-0.2, 0) is 11.3 Å². The summed E-state index contributed by atoms with van der Waals surface area (Å²) in [5.74, 6) is -1.72. The number of phenolic OH excluding ortho intramolecular Hbond substituents is 1. The van der Waals surface area contributed by atoms with Gasteiger partial charge in [0.05, 0.1) is 29.3 Å². The van der Waals surface area contributed by atoms with Crippen molar-refractivity contribution < 1.29 is 24.6 Å². The van der Waals surface area contributed by atoms with Crippen molar-refractivity contribution in [1.29, 1.82) is 0 Å². The highest BCUT2D eigenvalue weighted by Gasteiger charge is 2.13. The molecule has 0 unspecified atom stereocenters. The molecular formula is C18H15N3O5. The number of aryl methyl sites for hydroxylation is 1. The average Bonchev–Trinajstić information content (AvgIpc) is 3.02. The second kappa shape index (κ2) is 7.06. The third-order valence-electron chi connectivity index (χ3n) is 3.85. The largest absolute Gasteiger partial charge is 0.507 e. The highest BCUT2D eigenvalue weighted by atomic mass is 16.4. The molecule has 0 spiro atoms. The summed E-state index contributed by atoms with van der Waals surface area (Å²) >= 11 is 0. The molecule has 3 N–H and O–H groups in total. The van der Waals surface area contributed by atoms with E-state index < -0.39 is 11.9 Å². The first-order valence-corrected chi connectivity index (χ1v) is 7.74. The summed E-state index contributed by atoms with van der Waals surface area (Å²) in [5, 5.41) is 21.3. The number of rotatable bonds is 6. The number of carbonyl (C=O) groups excluding carboxylic acids is 2. The van der Waals surface area contributed by atoms with Crippen molar-refractivity contribution in [2.75, 3.05) is 5.32 Å². The second-order valence-corrected chi connectivity index (χ2v) is 5.63. The van der Waals surface area contributed by atoms with Crippen LogP contribution >= 0.6 is 0 Å². The molecule has 0 aliphatic carbocycles. The number of imidazole rings is 1. The Morgan fingerprint density at radius 1 is 1.19 bits per heavy atom. The van der Waals surface area contributed by atoms with E-state index in [4.69, 9.17) is 5.11 Å². The van der Waals surface area contributed by atoms with E-state index in [1.165, 1.54) is 18.2 Å². The van der Waals surface area contributed by atoms with Crippen LogP contribution in [0.3, 0.4) is 0 Å². The van der Waals surface area contributed by atoms with Crippen LogP contribution in [0.4, 0.5) is 5.69 Å². The number of anilines is 1. The number of aldehydes is 1. The lowest BCUT2D eigenvalue weighted by molar-refractivity contribution is -0.137. The highest BCUT2D eigenvalue weighted by Crippen LogP contribution is 2.22. The fraction of sp³-hybridized carbons (Fsp3) is 0.111. The van der Waals surface area contributed by atoms with Crippen molar-refractivity contribution in [3.63, 3.8) is 0 Å². The molecule has 0 aliphatic heterocycles. The van der Waals surface area contributed by atoms with Crippen molar-refractivity contribution in [1.82, 2.24) is 9.55 Å². The van der Waals surface area contributed by atoms with Gasteiger partial charge in [0.15, 0.2) is 0 Å². The van der Waals surface area contributed by atoms with Gasteiger partial charge in [0.25, 0.3) is 5.91 Å². The smallest absolute Gasteiger partial charge is 0.305 e. The SMILES string of the molecule is O=Cc1ccc(O)c(C(=O)Nc2ccc3ncn(CCC(=O)O)c3c2)c1. The average molecular weight is 353 g/mol. The Labute approximate surface area is 147 Å². The Bertz CT molecular complexity index is 1010. The van der Waals surface area contributed by atoms with Crippen LogP contribution in [0.25, 0.3) is 11.0 Å². The molecule has 8 nitrogen and oxygen atoms in total. The lowest BCUT2D eigenvalue weighted by Crippen LogP contribution is -2.12. The Kier molecular flexibility index (Phi) is 4.66. The lowest BCUT2D eigenvalue weighted by Gasteiger charge is -2.08. The molecular weight excluding hydrogens is 338 g/mol. The minimum atomic E-state index is -0.915. The number of amides is 1. The van der Waals surface area contributed by atoms with Crippen LogP contribution in [0.15, 0.2) is 42.7 Å². The van der Waals surface area contributed by atoms with Gasteiger partial charge in [-0.05, 0) is 36.4 Å². The number of fused-ring (bicyclic) bond motifs is 1. The molecule has 3 aromatic rings. The highest BCUT2D eigenvalue weighted by molar-refractivity contribution is 6.07. The standard InChI is InChI=1S/C18H15N3O5/c22-9-11-1-4-16(23)13(7-11)18(26)20-12-2-3-14-15(8-12)21(10-19-14)6-5-17(24)25/h1-4,7-10,23H,5-6H2,(H,20,26)(H,24,25). The number of aliphatic carboxylic acids is 1. The molecule has 8 heteroatoms. The maximum absolute atomic E-state index is 12.4. The molecule has 26 heavy (non-hydrogen) atoms. The van der Waals surface area contributed by atoms with Crippen molar-refractivity contribution in [2.24, 2.45) is 0 Å². The summed E-state index contributed by atoms with van der Waals surface area (Å²) in [4.78, 5) is 38.2. The number of carboxylic acids is 1. The van der Waals surface area contributed by atoms with Crippen LogP contribution in [0.2, 0.25) is 0 Å². The van der Waals surface area contributed by atoms with Gasteiger partial charge in [0, 0.05) is 17.8 Å². The predicted molar refractivity (Wildman–Crippen MR) is 93.4 cm³/mol. The maximum atomic E-state index is 12.4. The predicted octanol–water partition coefficient (Wildman–Crippen LogP) is 2.28. The Hall–Kier alpha value is -3.68. The first-order chi connectivity index (χ1) is 12.5. The van der Waals surface area contributed by atoms with Crippen molar-refractivity contribution in [2.45, 2.75) is 13.0 Å². The van der Waals surface area contributed by atoms with Crippen LogP contribution < -0.4 is 5.32 Å². The number of hydrogen-bond donors (Lipinski definition) is 3. The Balaban J connectivity index is 1.86. The van der Waals surface area contributed by atoms with Gasteiger partial charge in [0.2, 0.25) is 0 Å². The normalized spacial score (nSPS) is 10.6. The molecule has 3 rings (SSSR count). The third kappa shape index (κ3) is 3.54. The van der Waals surface area contributed by atoms with Crippen molar-refractivity contribution >= 4 is 34.9 Å². The molecule has 1 amide bonds. The first-order valence-electron chi connectivity index (χ1n) is 7.74. The number of nitrogens with one attached hydrogen (secondary N) is 1. The Morgan fingerprint density at radius 2 is 2.00 bits per heavy atom. The number of hydrogen-bond acceptors (Lipinski definition) is 5. The quantitative estimate of drug-likeness (QED) is 0.585. The van der Waals surface area contributed by atoms with Gasteiger partial charge in [-0.2, -0.15) is 0 Å². The third-order valence-corrected chi connectivity index (χ3v) is 3.85. The van der Waals surface area contributed by atoms with Crippen LogP contribution in [-0.4, -0.2) is 37.9 Å². The minimum absolute atomic E-state index is 0.0194. The van der Waals surface area contributed by atoms with Gasteiger partial charge in [0.1, 0.15) is 12.0 Å². The van der Waals surface area contributed by atoms with E-state index in [9.17, 15) is 19.5 Å². The van der Waals surface area contributed by atoms with E-state index >= 15 is 0 Å². The molecule has 1 heterocycles. The van der Waals surface area contributed by atoms with Crippen LogP contribution in [0.5, 0.6) is 5.75 Å². The van der Waals surface area contributed by atoms with Crippen LogP contribution in [0, 0.1) is 0 Å². The lowest BCUT2D eigenvalue weighted by atomic mass is 10.1. The number of aromatic nitrogens is 2. The number of nitrogens with zero attached hydrogens (tertiary/aromatic N) is 2. The zero-order valence-electron chi connectivity index (χ0n) is 13.5. The number of carboxylic acid groups (broad SMARTS) is 1. The zero-order chi connectivity index (χ0) is 18.7. The molecule has 0 fully saturated rings. The summed E-state index contributed by atoms with van der Waals surface area (Å²) in [6, 6.07) is 9.00. The molecule has 0 radical (unpaired) electrons. The number of benzene rings is 2. The molecule has 0 saturated carbocycles. The molecule has 0 bridgehead atoms. The molecule has 0 atom stereocenters. The van der Waals surface area contributed by atoms with Gasteiger partial charge in [-0.25, -0.2) is 4.98 Å².